The Hall–Kier alpha value is -3.03. The lowest BCUT2D eigenvalue weighted by atomic mass is 9.84. The van der Waals surface area contributed by atoms with E-state index >= 15 is 0 Å². The first-order valence-corrected chi connectivity index (χ1v) is 13.6. The van der Waals surface area contributed by atoms with E-state index in [9.17, 15) is 4.79 Å². The molecular formula is C27H26N4OS2. The second-order valence-electron chi connectivity index (χ2n) is 8.41. The van der Waals surface area contributed by atoms with Crippen molar-refractivity contribution in [1.82, 2.24) is 14.5 Å². The van der Waals surface area contributed by atoms with Crippen molar-refractivity contribution >= 4 is 29.0 Å². The Labute approximate surface area is 207 Å². The zero-order valence-electron chi connectivity index (χ0n) is 19.1. The Kier molecular flexibility index (Phi) is 7.02. The summed E-state index contributed by atoms with van der Waals surface area (Å²) in [5.41, 5.74) is 4.82. The van der Waals surface area contributed by atoms with Gasteiger partial charge in [-0.25, -0.2) is 9.97 Å². The van der Waals surface area contributed by atoms with E-state index in [1.54, 1.807) is 24.5 Å². The normalized spacial score (nSPS) is 14.9. The highest BCUT2D eigenvalue weighted by atomic mass is 32.2. The predicted molar refractivity (Wildman–Crippen MR) is 139 cm³/mol. The van der Waals surface area contributed by atoms with Gasteiger partial charge < -0.3 is 0 Å². The molecule has 0 atom stereocenters. The third-order valence-corrected chi connectivity index (χ3v) is 7.67. The van der Waals surface area contributed by atoms with Gasteiger partial charge in [0.15, 0.2) is 9.96 Å². The SMILES string of the molecule is CSc1ncc(-n2c(-c3ccc(C4CCCCC4)cc3)csc2=NC(=O)c2ccccc2)cn1. The molecule has 5 nitrogen and oxygen atoms in total. The Morgan fingerprint density at radius 2 is 1.71 bits per heavy atom. The van der Waals surface area contributed by atoms with Crippen LogP contribution in [0.1, 0.15) is 53.9 Å². The van der Waals surface area contributed by atoms with Gasteiger partial charge in [-0.3, -0.25) is 9.36 Å². The van der Waals surface area contributed by atoms with Gasteiger partial charge in [-0.1, -0.05) is 73.5 Å². The summed E-state index contributed by atoms with van der Waals surface area (Å²) in [7, 11) is 0. The van der Waals surface area contributed by atoms with E-state index in [-0.39, 0.29) is 5.91 Å². The van der Waals surface area contributed by atoms with Crippen LogP contribution in [-0.4, -0.2) is 26.7 Å². The molecule has 2 aromatic carbocycles. The first kappa shape index (κ1) is 22.7. The molecule has 1 saturated carbocycles. The molecule has 2 aromatic heterocycles. The molecule has 0 unspecified atom stereocenters. The van der Waals surface area contributed by atoms with Crippen molar-refractivity contribution in [2.75, 3.05) is 6.26 Å². The van der Waals surface area contributed by atoms with Crippen LogP contribution in [0.4, 0.5) is 0 Å². The van der Waals surface area contributed by atoms with Crippen molar-refractivity contribution in [3.05, 3.63) is 88.3 Å². The van der Waals surface area contributed by atoms with E-state index in [2.05, 4.69) is 44.6 Å². The molecule has 1 aliphatic carbocycles. The molecule has 4 aromatic rings. The van der Waals surface area contributed by atoms with Gasteiger partial charge in [0.25, 0.3) is 5.91 Å². The summed E-state index contributed by atoms with van der Waals surface area (Å²) < 4.78 is 1.98. The minimum absolute atomic E-state index is 0.267. The van der Waals surface area contributed by atoms with Crippen LogP contribution in [0.25, 0.3) is 16.9 Å². The van der Waals surface area contributed by atoms with Crippen LogP contribution in [0.3, 0.4) is 0 Å². The van der Waals surface area contributed by atoms with Crippen molar-refractivity contribution in [2.24, 2.45) is 4.99 Å². The molecule has 1 fully saturated rings. The first-order valence-electron chi connectivity index (χ1n) is 11.5. The summed E-state index contributed by atoms with van der Waals surface area (Å²) >= 11 is 2.94. The van der Waals surface area contributed by atoms with Crippen LogP contribution in [0.5, 0.6) is 0 Å². The number of carbonyl (C=O) groups is 1. The monoisotopic (exact) mass is 486 g/mol. The maximum atomic E-state index is 12.9. The Balaban J connectivity index is 1.57. The lowest BCUT2D eigenvalue weighted by Crippen LogP contribution is -2.17. The highest BCUT2D eigenvalue weighted by Gasteiger charge is 2.17. The average Bonchev–Trinajstić information content (AvgIpc) is 3.33. The molecule has 2 heterocycles. The van der Waals surface area contributed by atoms with E-state index in [0.29, 0.717) is 21.4 Å². The fraction of sp³-hybridized carbons (Fsp3) is 0.259. The molecule has 0 radical (unpaired) electrons. The maximum Gasteiger partial charge on any atom is 0.279 e. The van der Waals surface area contributed by atoms with E-state index in [1.165, 1.54) is 60.8 Å². The number of nitrogens with zero attached hydrogens (tertiary/aromatic N) is 4. The molecule has 1 aliphatic rings. The smallest absolute Gasteiger partial charge is 0.279 e. The zero-order chi connectivity index (χ0) is 23.3. The van der Waals surface area contributed by atoms with Gasteiger partial charge in [-0.2, -0.15) is 4.99 Å². The van der Waals surface area contributed by atoms with Crippen LogP contribution < -0.4 is 4.80 Å². The van der Waals surface area contributed by atoms with Crippen molar-refractivity contribution in [3.63, 3.8) is 0 Å². The molecule has 0 aliphatic heterocycles. The molecular weight excluding hydrogens is 460 g/mol. The number of carbonyl (C=O) groups excluding carboxylic acids is 1. The Morgan fingerprint density at radius 3 is 2.38 bits per heavy atom. The largest absolute Gasteiger partial charge is 0.282 e. The number of rotatable bonds is 5. The van der Waals surface area contributed by atoms with Crippen molar-refractivity contribution < 1.29 is 4.79 Å². The molecule has 34 heavy (non-hydrogen) atoms. The van der Waals surface area contributed by atoms with Crippen molar-refractivity contribution in [2.45, 2.75) is 43.2 Å². The van der Waals surface area contributed by atoms with E-state index in [1.807, 2.05) is 29.0 Å². The molecule has 0 spiro atoms. The number of benzene rings is 2. The van der Waals surface area contributed by atoms with Crippen LogP contribution in [-0.2, 0) is 0 Å². The molecule has 0 bridgehead atoms. The number of amides is 1. The van der Waals surface area contributed by atoms with Crippen molar-refractivity contribution in [3.8, 4) is 16.9 Å². The number of aromatic nitrogens is 3. The van der Waals surface area contributed by atoms with Crippen LogP contribution in [0, 0.1) is 0 Å². The third kappa shape index (κ3) is 4.91. The summed E-state index contributed by atoms with van der Waals surface area (Å²) in [6, 6.07) is 18.0. The Morgan fingerprint density at radius 1 is 1.00 bits per heavy atom. The number of hydrogen-bond donors (Lipinski definition) is 0. The summed E-state index contributed by atoms with van der Waals surface area (Å²) in [4.78, 5) is 26.8. The Bertz CT molecular complexity index is 1320. The minimum atomic E-state index is -0.267. The highest BCUT2D eigenvalue weighted by Crippen LogP contribution is 2.34. The lowest BCUT2D eigenvalue weighted by Gasteiger charge is -2.22. The molecule has 7 heteroatoms. The van der Waals surface area contributed by atoms with Crippen LogP contribution in [0.15, 0.2) is 82.5 Å². The standard InChI is InChI=1S/C27H26N4OS2/c1-33-26-28-16-23(17-29-26)31-24(18-34-27(31)30-25(32)22-10-6-3-7-11-22)21-14-12-20(13-15-21)19-8-4-2-5-9-19/h3,6-7,10-19H,2,4-5,8-9H2,1H3. The third-order valence-electron chi connectivity index (χ3n) is 6.26. The number of thiazole rings is 1. The maximum absolute atomic E-state index is 12.9. The van der Waals surface area contributed by atoms with Gasteiger partial charge in [0.2, 0.25) is 0 Å². The van der Waals surface area contributed by atoms with Gasteiger partial charge in [0.1, 0.15) is 0 Å². The number of thioether (sulfide) groups is 1. The van der Waals surface area contributed by atoms with E-state index < -0.39 is 0 Å². The molecule has 172 valence electrons. The summed E-state index contributed by atoms with van der Waals surface area (Å²) in [6.45, 7) is 0. The van der Waals surface area contributed by atoms with Gasteiger partial charge in [-0.15, -0.1) is 11.3 Å². The van der Waals surface area contributed by atoms with Gasteiger partial charge in [-0.05, 0) is 48.3 Å². The molecule has 1 amide bonds. The second-order valence-corrected chi connectivity index (χ2v) is 10.0. The summed E-state index contributed by atoms with van der Waals surface area (Å²) in [6.07, 6.45) is 12.1. The average molecular weight is 487 g/mol. The van der Waals surface area contributed by atoms with Gasteiger partial charge >= 0.3 is 0 Å². The predicted octanol–water partition coefficient (Wildman–Crippen LogP) is 6.51. The van der Waals surface area contributed by atoms with E-state index in [4.69, 9.17) is 0 Å². The summed E-state index contributed by atoms with van der Waals surface area (Å²) in [5.74, 6) is 0.399. The summed E-state index contributed by atoms with van der Waals surface area (Å²) in [5, 5.41) is 2.76. The minimum Gasteiger partial charge on any atom is -0.282 e. The zero-order valence-corrected chi connectivity index (χ0v) is 20.7. The van der Waals surface area contributed by atoms with Gasteiger partial charge in [0, 0.05) is 10.9 Å². The molecule has 0 saturated heterocycles. The number of hydrogen-bond acceptors (Lipinski definition) is 5. The highest BCUT2D eigenvalue weighted by molar-refractivity contribution is 7.98. The van der Waals surface area contributed by atoms with E-state index in [0.717, 1.165) is 16.9 Å². The first-order chi connectivity index (χ1) is 16.7. The second kappa shape index (κ2) is 10.5. The lowest BCUT2D eigenvalue weighted by molar-refractivity contribution is 0.0998. The molecule has 5 rings (SSSR count). The van der Waals surface area contributed by atoms with Crippen molar-refractivity contribution in [1.29, 1.82) is 0 Å². The van der Waals surface area contributed by atoms with Crippen LogP contribution >= 0.6 is 23.1 Å². The molecule has 0 N–H and O–H groups in total. The van der Waals surface area contributed by atoms with Crippen LogP contribution in [0.2, 0.25) is 0 Å². The van der Waals surface area contributed by atoms with Gasteiger partial charge in [0.05, 0.1) is 23.8 Å². The topological polar surface area (TPSA) is 60.1 Å². The fourth-order valence-corrected chi connectivity index (χ4v) is 5.68. The quantitative estimate of drug-likeness (QED) is 0.238. The fourth-order valence-electron chi connectivity index (χ4n) is 4.46.